The number of aliphatic carboxylic acids is 1. The molecule has 2 atom stereocenters. The second-order valence-electron chi connectivity index (χ2n) is 2.54. The summed E-state index contributed by atoms with van der Waals surface area (Å²) in [6.45, 7) is 1.01. The zero-order chi connectivity index (χ0) is 10.6. The van der Waals surface area contributed by atoms with Crippen LogP contribution in [0.4, 0.5) is 0 Å². The number of aliphatic hydroxyl groups is 2. The van der Waals surface area contributed by atoms with Crippen molar-refractivity contribution < 1.29 is 29.7 Å². The van der Waals surface area contributed by atoms with E-state index in [2.05, 4.69) is 0 Å². The summed E-state index contributed by atoms with van der Waals surface area (Å²) >= 11 is 0. The first-order valence-electron chi connectivity index (χ1n) is 3.47. The molecule has 0 bridgehead atoms. The van der Waals surface area contributed by atoms with Gasteiger partial charge in [0.2, 0.25) is 0 Å². The Balaban J connectivity index is 4.15. The van der Waals surface area contributed by atoms with Crippen LogP contribution < -0.4 is 5.11 Å². The molecular formula is C7H9O6-. The van der Waals surface area contributed by atoms with Crippen LogP contribution in [0.1, 0.15) is 13.3 Å². The smallest absolute Gasteiger partial charge is 0.180 e. The van der Waals surface area contributed by atoms with Gasteiger partial charge in [0.25, 0.3) is 0 Å². The Morgan fingerprint density at radius 2 is 1.77 bits per heavy atom. The molecule has 74 valence electrons. The Morgan fingerprint density at radius 1 is 1.31 bits per heavy atom. The highest BCUT2D eigenvalue weighted by Gasteiger charge is 2.23. The minimum absolute atomic E-state index is 0.737. The van der Waals surface area contributed by atoms with E-state index in [9.17, 15) is 19.5 Å². The lowest BCUT2D eigenvalue weighted by molar-refractivity contribution is -0.300. The third-order valence-corrected chi connectivity index (χ3v) is 1.40. The first-order valence-corrected chi connectivity index (χ1v) is 3.47. The van der Waals surface area contributed by atoms with Gasteiger partial charge in [0, 0.05) is 6.42 Å². The number of hydrogen-bond donors (Lipinski definition) is 2. The molecule has 0 aliphatic rings. The Bertz CT molecular complexity index is 233. The zero-order valence-electron chi connectivity index (χ0n) is 6.89. The van der Waals surface area contributed by atoms with Gasteiger partial charge in [-0.3, -0.25) is 9.59 Å². The molecule has 0 aromatic rings. The SMILES string of the molecule is CC(=O)[C@@H](O)[C@H](O)CC(=O)C(=O)[O-]. The van der Waals surface area contributed by atoms with Crippen molar-refractivity contribution in [1.29, 1.82) is 0 Å². The van der Waals surface area contributed by atoms with Gasteiger partial charge >= 0.3 is 0 Å². The Labute approximate surface area is 73.8 Å². The molecule has 0 amide bonds. The summed E-state index contributed by atoms with van der Waals surface area (Å²) in [4.78, 5) is 30.8. The molecule has 0 aromatic heterocycles. The van der Waals surface area contributed by atoms with E-state index in [1.807, 2.05) is 0 Å². The maximum absolute atomic E-state index is 10.5. The van der Waals surface area contributed by atoms with E-state index >= 15 is 0 Å². The highest BCUT2D eigenvalue weighted by molar-refractivity contribution is 6.31. The maximum atomic E-state index is 10.5. The largest absolute Gasteiger partial charge is 0.542 e. The first-order chi connectivity index (χ1) is 5.86. The van der Waals surface area contributed by atoms with E-state index in [1.165, 1.54) is 0 Å². The maximum Gasteiger partial charge on any atom is 0.180 e. The molecule has 0 saturated carbocycles. The number of carbonyl (C=O) groups excluding carboxylic acids is 3. The first kappa shape index (κ1) is 11.7. The number of Topliss-reactive ketones (excluding diaryl/α,β-unsaturated/α-hetero) is 2. The van der Waals surface area contributed by atoms with Crippen LogP contribution in [0, 0.1) is 0 Å². The van der Waals surface area contributed by atoms with Gasteiger partial charge in [-0.25, -0.2) is 0 Å². The average molecular weight is 189 g/mol. The Morgan fingerprint density at radius 3 is 2.08 bits per heavy atom. The van der Waals surface area contributed by atoms with Gasteiger partial charge in [0.1, 0.15) is 12.1 Å². The van der Waals surface area contributed by atoms with Crippen molar-refractivity contribution in [1.82, 2.24) is 0 Å². The van der Waals surface area contributed by atoms with E-state index in [1.54, 1.807) is 0 Å². The molecule has 0 unspecified atom stereocenters. The van der Waals surface area contributed by atoms with Crippen molar-refractivity contribution in [2.75, 3.05) is 0 Å². The van der Waals surface area contributed by atoms with Crippen LogP contribution in [0.15, 0.2) is 0 Å². The monoisotopic (exact) mass is 189 g/mol. The molecule has 0 fully saturated rings. The third-order valence-electron chi connectivity index (χ3n) is 1.40. The number of carbonyl (C=O) groups is 3. The van der Waals surface area contributed by atoms with Gasteiger partial charge in [0.05, 0.1) is 6.10 Å². The summed E-state index contributed by atoms with van der Waals surface area (Å²) < 4.78 is 0. The molecule has 0 rings (SSSR count). The predicted molar refractivity (Wildman–Crippen MR) is 37.3 cm³/mol. The fourth-order valence-corrected chi connectivity index (χ4v) is 0.656. The number of carboxylic acids is 1. The summed E-state index contributed by atoms with van der Waals surface area (Å²) in [5, 5.41) is 27.7. The molecule has 0 saturated heterocycles. The lowest BCUT2D eigenvalue weighted by Crippen LogP contribution is -2.39. The Hall–Kier alpha value is -1.27. The van der Waals surface area contributed by atoms with E-state index < -0.39 is 36.2 Å². The highest BCUT2D eigenvalue weighted by atomic mass is 16.4. The molecule has 6 heteroatoms. The van der Waals surface area contributed by atoms with Gasteiger partial charge in [-0.05, 0) is 6.92 Å². The van der Waals surface area contributed by atoms with Crippen LogP contribution >= 0.6 is 0 Å². The zero-order valence-corrected chi connectivity index (χ0v) is 6.89. The molecule has 0 heterocycles. The molecular weight excluding hydrogens is 180 g/mol. The summed E-state index contributed by atoms with van der Waals surface area (Å²) in [5.41, 5.74) is 0. The summed E-state index contributed by atoms with van der Waals surface area (Å²) in [6, 6.07) is 0. The van der Waals surface area contributed by atoms with Crippen LogP contribution in [0.25, 0.3) is 0 Å². The summed E-state index contributed by atoms with van der Waals surface area (Å²) in [5.74, 6) is -4.04. The van der Waals surface area contributed by atoms with Crippen molar-refractivity contribution in [3.63, 3.8) is 0 Å². The third kappa shape index (κ3) is 3.77. The van der Waals surface area contributed by atoms with Crippen molar-refractivity contribution >= 4 is 17.5 Å². The quantitative estimate of drug-likeness (QED) is 0.445. The number of aliphatic hydroxyl groups excluding tert-OH is 2. The predicted octanol–water partition coefficient (Wildman–Crippen LogP) is -2.99. The lowest BCUT2D eigenvalue weighted by Gasteiger charge is -2.14. The molecule has 0 radical (unpaired) electrons. The van der Waals surface area contributed by atoms with Gasteiger partial charge in [0.15, 0.2) is 11.6 Å². The molecule has 0 aromatic carbocycles. The Kier molecular flexibility index (Phi) is 4.22. The number of carboxylic acid groups (broad SMARTS) is 1. The van der Waals surface area contributed by atoms with Crippen LogP contribution in [0.3, 0.4) is 0 Å². The molecule has 0 aliphatic heterocycles. The van der Waals surface area contributed by atoms with Gasteiger partial charge in [-0.2, -0.15) is 0 Å². The highest BCUT2D eigenvalue weighted by Crippen LogP contribution is 2.00. The fourth-order valence-electron chi connectivity index (χ4n) is 0.656. The van der Waals surface area contributed by atoms with Crippen molar-refractivity contribution in [2.45, 2.75) is 25.6 Å². The molecule has 0 aliphatic carbocycles. The van der Waals surface area contributed by atoms with E-state index in [4.69, 9.17) is 10.2 Å². The number of hydrogen-bond acceptors (Lipinski definition) is 6. The van der Waals surface area contributed by atoms with E-state index in [0.717, 1.165) is 6.92 Å². The summed E-state index contributed by atoms with van der Waals surface area (Å²) in [6.07, 6.45) is -4.26. The van der Waals surface area contributed by atoms with E-state index in [0.29, 0.717) is 0 Å². The van der Waals surface area contributed by atoms with Gasteiger partial charge < -0.3 is 20.1 Å². The molecule has 2 N–H and O–H groups in total. The lowest BCUT2D eigenvalue weighted by atomic mass is 10.1. The second kappa shape index (κ2) is 4.68. The molecule has 13 heavy (non-hydrogen) atoms. The molecule has 6 nitrogen and oxygen atoms in total. The van der Waals surface area contributed by atoms with Crippen molar-refractivity contribution in [3.8, 4) is 0 Å². The van der Waals surface area contributed by atoms with Crippen LogP contribution in [-0.4, -0.2) is 40.0 Å². The number of rotatable bonds is 5. The fraction of sp³-hybridized carbons (Fsp3) is 0.571. The standard InChI is InChI=1S/C7H10O6/c1-3(8)6(11)4(9)2-5(10)7(12)13/h4,6,9,11H,2H2,1H3,(H,12,13)/p-1/t4-,6-/m1/s1. The van der Waals surface area contributed by atoms with Crippen LogP contribution in [0.5, 0.6) is 0 Å². The number of ketones is 2. The topological polar surface area (TPSA) is 115 Å². The molecule has 0 spiro atoms. The summed E-state index contributed by atoms with van der Waals surface area (Å²) in [7, 11) is 0. The van der Waals surface area contributed by atoms with Crippen LogP contribution in [0.2, 0.25) is 0 Å². The van der Waals surface area contributed by atoms with Crippen LogP contribution in [-0.2, 0) is 14.4 Å². The van der Waals surface area contributed by atoms with E-state index in [-0.39, 0.29) is 0 Å². The van der Waals surface area contributed by atoms with Crippen molar-refractivity contribution in [3.05, 3.63) is 0 Å². The van der Waals surface area contributed by atoms with Gasteiger partial charge in [-0.15, -0.1) is 0 Å². The minimum Gasteiger partial charge on any atom is -0.542 e. The van der Waals surface area contributed by atoms with Crippen molar-refractivity contribution in [2.24, 2.45) is 0 Å². The van der Waals surface area contributed by atoms with Gasteiger partial charge in [-0.1, -0.05) is 0 Å². The average Bonchev–Trinajstić information content (AvgIpc) is 2.02. The second-order valence-corrected chi connectivity index (χ2v) is 2.54. The minimum atomic E-state index is -1.95. The normalized spacial score (nSPS) is 14.7.